The molecule has 0 spiro atoms. The molecule has 35 heavy (non-hydrogen) atoms. The van der Waals surface area contributed by atoms with E-state index in [-0.39, 0.29) is 28.2 Å². The van der Waals surface area contributed by atoms with E-state index in [0.717, 1.165) is 22.1 Å². The first-order chi connectivity index (χ1) is 16.5. The van der Waals surface area contributed by atoms with Gasteiger partial charge in [0.15, 0.2) is 6.39 Å². The summed E-state index contributed by atoms with van der Waals surface area (Å²) in [7, 11) is -4.10. The Hall–Kier alpha value is -3.73. The summed E-state index contributed by atoms with van der Waals surface area (Å²) in [5.41, 5.74) is 1.02. The van der Waals surface area contributed by atoms with Gasteiger partial charge < -0.3 is 14.1 Å². The first-order valence-corrected chi connectivity index (χ1v) is 12.4. The lowest BCUT2D eigenvalue weighted by Crippen LogP contribution is -2.50. The predicted octanol–water partition coefficient (Wildman–Crippen LogP) is 4.40. The Morgan fingerprint density at radius 2 is 1.94 bits per heavy atom. The standard InChI is InChI=1S/C24H23FN4O5S/c1-24(2,3)34-23(30)28-11-17(12-28)15-4-7-22-16(8-15)10-27-29(22)35(31,32)18-5-6-20(25)19(9-18)21-13-33-14-26-21/h4-10,13-14,17H,11-12H2,1-3H3. The van der Waals surface area contributed by atoms with Crippen LogP contribution in [0.25, 0.3) is 22.2 Å². The van der Waals surface area contributed by atoms with Crippen LogP contribution >= 0.6 is 0 Å². The van der Waals surface area contributed by atoms with Crippen molar-refractivity contribution in [3.05, 3.63) is 66.6 Å². The Labute approximate surface area is 201 Å². The van der Waals surface area contributed by atoms with Crippen LogP contribution in [-0.2, 0) is 14.8 Å². The van der Waals surface area contributed by atoms with E-state index >= 15 is 0 Å². The molecule has 0 unspecified atom stereocenters. The summed E-state index contributed by atoms with van der Waals surface area (Å²) in [6, 6.07) is 8.87. The van der Waals surface area contributed by atoms with Crippen molar-refractivity contribution in [1.82, 2.24) is 19.1 Å². The van der Waals surface area contributed by atoms with Gasteiger partial charge in [-0.25, -0.2) is 14.2 Å². The molecule has 3 heterocycles. The van der Waals surface area contributed by atoms with Gasteiger partial charge in [0.1, 0.15) is 23.4 Å². The summed E-state index contributed by atoms with van der Waals surface area (Å²) >= 11 is 0. The molecule has 0 bridgehead atoms. The number of oxazole rings is 1. The zero-order valence-corrected chi connectivity index (χ0v) is 20.1. The van der Waals surface area contributed by atoms with Crippen molar-refractivity contribution < 1.29 is 26.8 Å². The fourth-order valence-electron chi connectivity index (χ4n) is 3.94. The third-order valence-electron chi connectivity index (χ3n) is 5.74. The van der Waals surface area contributed by atoms with Crippen LogP contribution in [0.5, 0.6) is 0 Å². The van der Waals surface area contributed by atoms with Gasteiger partial charge in [-0.05, 0) is 56.7 Å². The number of carbonyl (C=O) groups is 1. The molecule has 0 radical (unpaired) electrons. The first-order valence-electron chi connectivity index (χ1n) is 10.9. The Balaban J connectivity index is 1.39. The second kappa shape index (κ2) is 8.19. The van der Waals surface area contributed by atoms with E-state index in [1.54, 1.807) is 11.0 Å². The molecule has 2 aromatic carbocycles. The molecule has 0 N–H and O–H groups in total. The Morgan fingerprint density at radius 1 is 1.17 bits per heavy atom. The van der Waals surface area contributed by atoms with Crippen molar-refractivity contribution in [2.24, 2.45) is 0 Å². The van der Waals surface area contributed by atoms with Crippen LogP contribution in [-0.4, -0.2) is 52.3 Å². The lowest BCUT2D eigenvalue weighted by molar-refractivity contribution is 0.00820. The minimum Gasteiger partial charge on any atom is -0.451 e. The molecule has 1 saturated heterocycles. The summed E-state index contributed by atoms with van der Waals surface area (Å²) < 4.78 is 52.2. The van der Waals surface area contributed by atoms with E-state index in [9.17, 15) is 17.6 Å². The molecule has 1 aliphatic heterocycles. The van der Waals surface area contributed by atoms with E-state index in [4.69, 9.17) is 9.15 Å². The second-order valence-corrected chi connectivity index (χ2v) is 11.2. The fourth-order valence-corrected chi connectivity index (χ4v) is 5.25. The SMILES string of the molecule is CC(C)(C)OC(=O)N1CC(c2ccc3c(cnn3S(=O)(=O)c3ccc(F)c(-c4cocn4)c3)c2)C1. The van der Waals surface area contributed by atoms with Gasteiger partial charge in [0, 0.05) is 30.0 Å². The van der Waals surface area contributed by atoms with Crippen LogP contribution in [0.15, 0.2) is 64.6 Å². The zero-order valence-electron chi connectivity index (χ0n) is 19.3. The molecule has 11 heteroatoms. The molecule has 0 saturated carbocycles. The van der Waals surface area contributed by atoms with Crippen LogP contribution in [0.3, 0.4) is 0 Å². The maximum absolute atomic E-state index is 14.3. The third kappa shape index (κ3) is 4.27. The average Bonchev–Trinajstić information content (AvgIpc) is 3.41. The maximum atomic E-state index is 14.3. The van der Waals surface area contributed by atoms with Gasteiger partial charge in [0.25, 0.3) is 10.0 Å². The zero-order chi connectivity index (χ0) is 25.0. The number of fused-ring (bicyclic) bond motifs is 1. The van der Waals surface area contributed by atoms with E-state index in [1.165, 1.54) is 24.6 Å². The molecule has 0 atom stereocenters. The number of hydrogen-bond donors (Lipinski definition) is 0. The van der Waals surface area contributed by atoms with Crippen molar-refractivity contribution in [1.29, 1.82) is 0 Å². The quantitative estimate of drug-likeness (QED) is 0.410. The summed E-state index contributed by atoms with van der Waals surface area (Å²) in [4.78, 5) is 17.6. The first kappa shape index (κ1) is 23.0. The van der Waals surface area contributed by atoms with Gasteiger partial charge in [-0.2, -0.15) is 17.6 Å². The molecule has 1 amide bonds. The summed E-state index contributed by atoms with van der Waals surface area (Å²) in [5.74, 6) is -0.497. The van der Waals surface area contributed by atoms with Gasteiger partial charge in [-0.1, -0.05) is 6.07 Å². The number of benzene rings is 2. The molecule has 9 nitrogen and oxygen atoms in total. The number of aromatic nitrogens is 3. The maximum Gasteiger partial charge on any atom is 0.410 e. The number of halogens is 1. The molecule has 0 aliphatic carbocycles. The molecule has 182 valence electrons. The second-order valence-electron chi connectivity index (χ2n) is 9.41. The summed E-state index contributed by atoms with van der Waals surface area (Å²) in [6.45, 7) is 6.51. The van der Waals surface area contributed by atoms with Gasteiger partial charge in [-0.3, -0.25) is 0 Å². The number of hydrogen-bond acceptors (Lipinski definition) is 7. The number of carbonyl (C=O) groups excluding carboxylic acids is 1. The number of ether oxygens (including phenoxy) is 1. The van der Waals surface area contributed by atoms with Gasteiger partial charge >= 0.3 is 6.09 Å². The fraction of sp³-hybridized carbons (Fsp3) is 0.292. The highest BCUT2D eigenvalue weighted by atomic mass is 32.2. The van der Waals surface area contributed by atoms with Crippen LogP contribution in [0.1, 0.15) is 32.3 Å². The van der Waals surface area contributed by atoms with Crippen LogP contribution in [0, 0.1) is 5.82 Å². The van der Waals surface area contributed by atoms with Gasteiger partial charge in [-0.15, -0.1) is 0 Å². The van der Waals surface area contributed by atoms with E-state index in [1.807, 2.05) is 32.9 Å². The monoisotopic (exact) mass is 498 g/mol. The molecule has 1 fully saturated rings. The topological polar surface area (TPSA) is 108 Å². The summed E-state index contributed by atoms with van der Waals surface area (Å²) in [6.07, 6.45) is 3.51. The van der Waals surface area contributed by atoms with Crippen LogP contribution < -0.4 is 0 Å². The summed E-state index contributed by atoms with van der Waals surface area (Å²) in [5, 5.41) is 4.74. The molecular weight excluding hydrogens is 475 g/mol. The van der Waals surface area contributed by atoms with Gasteiger partial charge in [0.05, 0.1) is 16.6 Å². The van der Waals surface area contributed by atoms with Crippen LogP contribution in [0.4, 0.5) is 9.18 Å². The average molecular weight is 499 g/mol. The van der Waals surface area contributed by atoms with Crippen molar-refractivity contribution in [2.75, 3.05) is 13.1 Å². The molecule has 4 aromatic rings. The normalized spacial score (nSPS) is 14.8. The Morgan fingerprint density at radius 3 is 2.63 bits per heavy atom. The van der Waals surface area contributed by atoms with Crippen molar-refractivity contribution in [3.63, 3.8) is 0 Å². The van der Waals surface area contributed by atoms with E-state index in [2.05, 4.69) is 10.1 Å². The number of amides is 1. The van der Waals surface area contributed by atoms with Crippen molar-refractivity contribution in [3.8, 4) is 11.3 Å². The lowest BCUT2D eigenvalue weighted by atomic mass is 9.91. The van der Waals surface area contributed by atoms with E-state index in [0.29, 0.717) is 24.0 Å². The van der Waals surface area contributed by atoms with Crippen molar-refractivity contribution in [2.45, 2.75) is 37.2 Å². The minimum absolute atomic E-state index is 0.0121. The lowest BCUT2D eigenvalue weighted by Gasteiger charge is -2.40. The highest BCUT2D eigenvalue weighted by molar-refractivity contribution is 7.90. The van der Waals surface area contributed by atoms with Crippen molar-refractivity contribution >= 4 is 27.0 Å². The highest BCUT2D eigenvalue weighted by Crippen LogP contribution is 2.32. The van der Waals surface area contributed by atoms with Gasteiger partial charge in [0.2, 0.25) is 0 Å². The minimum atomic E-state index is -4.10. The molecule has 5 rings (SSSR count). The predicted molar refractivity (Wildman–Crippen MR) is 125 cm³/mol. The molecular formula is C24H23FN4O5S. The van der Waals surface area contributed by atoms with E-state index < -0.39 is 21.4 Å². The Kier molecular flexibility index (Phi) is 5.39. The molecule has 1 aliphatic rings. The third-order valence-corrected chi connectivity index (χ3v) is 7.33. The Bertz CT molecular complexity index is 1520. The smallest absolute Gasteiger partial charge is 0.410 e. The number of nitrogens with zero attached hydrogens (tertiary/aromatic N) is 4. The highest BCUT2D eigenvalue weighted by Gasteiger charge is 2.35. The molecule has 2 aromatic heterocycles. The number of likely N-dealkylation sites (tertiary alicyclic amines) is 1. The largest absolute Gasteiger partial charge is 0.451 e. The van der Waals surface area contributed by atoms with Crippen LogP contribution in [0.2, 0.25) is 0 Å². The number of rotatable bonds is 4.